The summed E-state index contributed by atoms with van der Waals surface area (Å²) in [6, 6.07) is 4.93. The summed E-state index contributed by atoms with van der Waals surface area (Å²) in [6.07, 6.45) is 2.58. The lowest BCUT2D eigenvalue weighted by atomic mass is 9.77. The third-order valence-electron chi connectivity index (χ3n) is 4.36. The van der Waals surface area contributed by atoms with Gasteiger partial charge in [-0.3, -0.25) is 4.79 Å². The number of carbonyl (C=O) groups is 1. The van der Waals surface area contributed by atoms with Crippen LogP contribution in [-0.4, -0.2) is 35.6 Å². The van der Waals surface area contributed by atoms with E-state index in [1.54, 1.807) is 23.1 Å². The Morgan fingerprint density at radius 2 is 2.00 bits per heavy atom. The molecule has 0 bridgehead atoms. The average Bonchev–Trinajstić information content (AvgIpc) is 2.49. The van der Waals surface area contributed by atoms with Gasteiger partial charge in [-0.25, -0.2) is 0 Å². The van der Waals surface area contributed by atoms with Crippen LogP contribution in [0.4, 0.5) is 0 Å². The molecule has 0 unspecified atom stereocenters. The first-order chi connectivity index (χ1) is 9.51. The molecule has 110 valence electrons. The first-order valence-corrected chi connectivity index (χ1v) is 7.62. The molecule has 2 rings (SSSR count). The Kier molecular flexibility index (Phi) is 4.95. The van der Waals surface area contributed by atoms with Crippen molar-refractivity contribution in [3.8, 4) is 0 Å². The minimum Gasteiger partial charge on any atom is -0.396 e. The van der Waals surface area contributed by atoms with Crippen molar-refractivity contribution in [3.05, 3.63) is 33.8 Å². The van der Waals surface area contributed by atoms with Crippen LogP contribution < -0.4 is 0 Å². The number of nitrogens with zero attached hydrogens (tertiary/aromatic N) is 1. The fourth-order valence-corrected chi connectivity index (χ4v) is 3.01. The van der Waals surface area contributed by atoms with Crippen LogP contribution in [0.15, 0.2) is 18.2 Å². The maximum absolute atomic E-state index is 12.5. The van der Waals surface area contributed by atoms with Crippen molar-refractivity contribution >= 4 is 29.1 Å². The number of aliphatic hydroxyl groups is 1. The lowest BCUT2D eigenvalue weighted by Crippen LogP contribution is -2.44. The first kappa shape index (κ1) is 15.6. The van der Waals surface area contributed by atoms with E-state index in [4.69, 9.17) is 23.2 Å². The summed E-state index contributed by atoms with van der Waals surface area (Å²) in [5, 5.41) is 10.5. The molecular formula is C15H19Cl2NO2. The number of benzene rings is 1. The summed E-state index contributed by atoms with van der Waals surface area (Å²) < 4.78 is 0. The van der Waals surface area contributed by atoms with Gasteiger partial charge in [0.2, 0.25) is 0 Å². The van der Waals surface area contributed by atoms with Gasteiger partial charge in [0.1, 0.15) is 0 Å². The molecule has 5 heteroatoms. The maximum Gasteiger partial charge on any atom is 0.255 e. The molecule has 1 aromatic rings. The monoisotopic (exact) mass is 315 g/mol. The smallest absolute Gasteiger partial charge is 0.255 e. The van der Waals surface area contributed by atoms with Gasteiger partial charge in [0, 0.05) is 24.7 Å². The second-order valence-corrected chi connectivity index (χ2v) is 6.27. The first-order valence-electron chi connectivity index (χ1n) is 6.86. The van der Waals surface area contributed by atoms with Crippen LogP contribution in [0.5, 0.6) is 0 Å². The second kappa shape index (κ2) is 6.33. The number of hydrogen-bond acceptors (Lipinski definition) is 2. The van der Waals surface area contributed by atoms with Crippen LogP contribution in [0.3, 0.4) is 0 Å². The van der Waals surface area contributed by atoms with Crippen molar-refractivity contribution in [3.63, 3.8) is 0 Å². The standard InChI is InChI=1S/C15H19Cl2NO2/c1-2-15(10-19)5-7-18(8-6-15)14(20)12-9-11(16)3-4-13(12)17/h3-4,9,19H,2,5-8,10H2,1H3. The Hall–Kier alpha value is -0.770. The molecule has 1 aliphatic heterocycles. The molecule has 0 spiro atoms. The van der Waals surface area contributed by atoms with E-state index in [1.807, 2.05) is 0 Å². The van der Waals surface area contributed by atoms with Gasteiger partial charge in [0.05, 0.1) is 10.6 Å². The third-order valence-corrected chi connectivity index (χ3v) is 4.92. The summed E-state index contributed by atoms with van der Waals surface area (Å²) in [7, 11) is 0. The van der Waals surface area contributed by atoms with Gasteiger partial charge < -0.3 is 10.0 Å². The highest BCUT2D eigenvalue weighted by atomic mass is 35.5. The van der Waals surface area contributed by atoms with Gasteiger partial charge in [0.15, 0.2) is 0 Å². The molecule has 1 aliphatic rings. The highest BCUT2D eigenvalue weighted by Gasteiger charge is 2.34. The molecule has 0 atom stereocenters. The molecule has 1 aromatic carbocycles. The summed E-state index contributed by atoms with van der Waals surface area (Å²) in [5.41, 5.74) is 0.418. The Bertz CT molecular complexity index is 491. The molecule has 1 saturated heterocycles. The van der Waals surface area contributed by atoms with E-state index in [1.165, 1.54) is 0 Å². The van der Waals surface area contributed by atoms with Crippen molar-refractivity contribution in [2.24, 2.45) is 5.41 Å². The molecule has 1 N–H and O–H groups in total. The fraction of sp³-hybridized carbons (Fsp3) is 0.533. The summed E-state index contributed by atoms with van der Waals surface area (Å²) in [6.45, 7) is 3.57. The molecule has 3 nitrogen and oxygen atoms in total. The van der Waals surface area contributed by atoms with Crippen molar-refractivity contribution in [1.29, 1.82) is 0 Å². The lowest BCUT2D eigenvalue weighted by Gasteiger charge is -2.40. The number of aliphatic hydroxyl groups excluding tert-OH is 1. The van der Waals surface area contributed by atoms with Crippen molar-refractivity contribution in [2.75, 3.05) is 19.7 Å². The van der Waals surface area contributed by atoms with E-state index in [-0.39, 0.29) is 17.9 Å². The molecule has 0 radical (unpaired) electrons. The Balaban J connectivity index is 2.10. The number of halogens is 2. The molecule has 0 saturated carbocycles. The largest absolute Gasteiger partial charge is 0.396 e. The third kappa shape index (κ3) is 3.11. The number of hydrogen-bond donors (Lipinski definition) is 1. The molecule has 1 fully saturated rings. The topological polar surface area (TPSA) is 40.5 Å². The number of carbonyl (C=O) groups excluding carboxylic acids is 1. The van der Waals surface area contributed by atoms with Crippen LogP contribution in [0.25, 0.3) is 0 Å². The molecule has 0 aliphatic carbocycles. The molecule has 1 amide bonds. The number of rotatable bonds is 3. The summed E-state index contributed by atoms with van der Waals surface area (Å²) >= 11 is 12.0. The fourth-order valence-electron chi connectivity index (χ4n) is 2.64. The van der Waals surface area contributed by atoms with Gasteiger partial charge >= 0.3 is 0 Å². The van der Waals surface area contributed by atoms with Gasteiger partial charge in [-0.05, 0) is 42.9 Å². The minimum absolute atomic E-state index is 0.0328. The Labute approximate surface area is 129 Å². The van der Waals surface area contributed by atoms with Crippen molar-refractivity contribution in [1.82, 2.24) is 4.90 Å². The molecule has 20 heavy (non-hydrogen) atoms. The van der Waals surface area contributed by atoms with Gasteiger partial charge in [-0.1, -0.05) is 30.1 Å². The van der Waals surface area contributed by atoms with E-state index in [2.05, 4.69) is 6.92 Å². The number of piperidine rings is 1. The van der Waals surface area contributed by atoms with Crippen LogP contribution in [-0.2, 0) is 0 Å². The molecule has 1 heterocycles. The van der Waals surface area contributed by atoms with Crippen LogP contribution in [0.1, 0.15) is 36.5 Å². The van der Waals surface area contributed by atoms with E-state index < -0.39 is 0 Å². The average molecular weight is 316 g/mol. The number of likely N-dealkylation sites (tertiary alicyclic amines) is 1. The molecular weight excluding hydrogens is 297 g/mol. The Morgan fingerprint density at radius 3 is 2.55 bits per heavy atom. The number of amides is 1. The molecule has 0 aromatic heterocycles. The zero-order valence-corrected chi connectivity index (χ0v) is 13.0. The van der Waals surface area contributed by atoms with Gasteiger partial charge in [-0.15, -0.1) is 0 Å². The summed E-state index contributed by atoms with van der Waals surface area (Å²) in [4.78, 5) is 14.3. The van der Waals surface area contributed by atoms with E-state index in [0.717, 1.165) is 19.3 Å². The normalized spacial score (nSPS) is 18.1. The minimum atomic E-state index is -0.0832. The Morgan fingerprint density at radius 1 is 1.35 bits per heavy atom. The van der Waals surface area contributed by atoms with Crippen LogP contribution in [0.2, 0.25) is 10.0 Å². The van der Waals surface area contributed by atoms with Crippen molar-refractivity contribution in [2.45, 2.75) is 26.2 Å². The van der Waals surface area contributed by atoms with E-state index >= 15 is 0 Å². The predicted molar refractivity (Wildman–Crippen MR) is 81.4 cm³/mol. The van der Waals surface area contributed by atoms with Crippen molar-refractivity contribution < 1.29 is 9.90 Å². The highest BCUT2D eigenvalue weighted by Crippen LogP contribution is 2.35. The predicted octanol–water partition coefficient (Wildman–Crippen LogP) is 3.62. The van der Waals surface area contributed by atoms with Gasteiger partial charge in [0.25, 0.3) is 5.91 Å². The zero-order valence-electron chi connectivity index (χ0n) is 11.5. The summed E-state index contributed by atoms with van der Waals surface area (Å²) in [5.74, 6) is -0.0832. The highest BCUT2D eigenvalue weighted by molar-refractivity contribution is 6.35. The van der Waals surface area contributed by atoms with E-state index in [9.17, 15) is 9.90 Å². The van der Waals surface area contributed by atoms with E-state index in [0.29, 0.717) is 28.7 Å². The SMILES string of the molecule is CCC1(CO)CCN(C(=O)c2cc(Cl)ccc2Cl)CC1. The second-order valence-electron chi connectivity index (χ2n) is 5.43. The van der Waals surface area contributed by atoms with Crippen LogP contribution in [0, 0.1) is 5.41 Å². The van der Waals surface area contributed by atoms with Crippen LogP contribution >= 0.6 is 23.2 Å². The zero-order chi connectivity index (χ0) is 14.8. The lowest BCUT2D eigenvalue weighted by molar-refractivity contribution is 0.0338. The van der Waals surface area contributed by atoms with Gasteiger partial charge in [-0.2, -0.15) is 0 Å². The maximum atomic E-state index is 12.5. The quantitative estimate of drug-likeness (QED) is 0.925.